The molecule has 0 saturated heterocycles. The van der Waals surface area contributed by atoms with E-state index in [1.807, 2.05) is 12.1 Å². The van der Waals surface area contributed by atoms with Gasteiger partial charge < -0.3 is 5.11 Å². The van der Waals surface area contributed by atoms with Crippen LogP contribution in [0.4, 0.5) is 0 Å². The summed E-state index contributed by atoms with van der Waals surface area (Å²) >= 11 is 0. The van der Waals surface area contributed by atoms with Gasteiger partial charge in [-0.05, 0) is 54.2 Å². The number of carbonyl (C=O) groups is 1. The van der Waals surface area contributed by atoms with Crippen LogP contribution in [0.2, 0.25) is 0 Å². The number of rotatable bonds is 2. The zero-order chi connectivity index (χ0) is 14.1. The fourth-order valence-electron chi connectivity index (χ4n) is 2.75. The van der Waals surface area contributed by atoms with E-state index in [0.717, 1.165) is 29.5 Å². The summed E-state index contributed by atoms with van der Waals surface area (Å²) in [7, 11) is 0. The molecule has 0 bridgehead atoms. The Kier molecular flexibility index (Phi) is 3.15. The van der Waals surface area contributed by atoms with Gasteiger partial charge in [0.1, 0.15) is 0 Å². The van der Waals surface area contributed by atoms with Crippen LogP contribution in [0.25, 0.3) is 5.57 Å². The molecule has 2 aromatic carbocycles. The van der Waals surface area contributed by atoms with Crippen LogP contribution in [0, 0.1) is 6.92 Å². The highest BCUT2D eigenvalue weighted by molar-refractivity contribution is 5.91. The van der Waals surface area contributed by atoms with Gasteiger partial charge in [-0.2, -0.15) is 0 Å². The van der Waals surface area contributed by atoms with Crippen LogP contribution in [-0.4, -0.2) is 11.1 Å². The molecule has 0 unspecified atom stereocenters. The maximum atomic E-state index is 11.2. The van der Waals surface area contributed by atoms with Crippen LogP contribution in [-0.2, 0) is 6.42 Å². The van der Waals surface area contributed by atoms with Crippen LogP contribution < -0.4 is 0 Å². The number of benzene rings is 2. The molecule has 3 rings (SSSR count). The Morgan fingerprint density at radius 1 is 1.15 bits per heavy atom. The molecule has 0 aliphatic heterocycles. The topological polar surface area (TPSA) is 37.3 Å². The summed E-state index contributed by atoms with van der Waals surface area (Å²) in [6.45, 7) is 2.07. The lowest BCUT2D eigenvalue weighted by molar-refractivity contribution is 0.0697. The number of allylic oxidation sites excluding steroid dienone is 1. The summed E-state index contributed by atoms with van der Waals surface area (Å²) in [5.41, 5.74) is 6.16. The van der Waals surface area contributed by atoms with E-state index in [2.05, 4.69) is 31.2 Å². The fraction of sp³-hybridized carbons (Fsp3) is 0.167. The van der Waals surface area contributed by atoms with Crippen molar-refractivity contribution >= 4 is 11.5 Å². The predicted octanol–water partition coefficient (Wildman–Crippen LogP) is 4.07. The molecule has 20 heavy (non-hydrogen) atoms. The monoisotopic (exact) mass is 264 g/mol. The van der Waals surface area contributed by atoms with Gasteiger partial charge >= 0.3 is 5.97 Å². The normalized spacial score (nSPS) is 13.6. The molecule has 0 fully saturated rings. The Hall–Kier alpha value is -2.35. The van der Waals surface area contributed by atoms with Gasteiger partial charge in [-0.25, -0.2) is 4.79 Å². The van der Waals surface area contributed by atoms with E-state index in [1.165, 1.54) is 11.1 Å². The highest BCUT2D eigenvalue weighted by Gasteiger charge is 2.16. The lowest BCUT2D eigenvalue weighted by atomic mass is 9.85. The number of hydrogen-bond donors (Lipinski definition) is 1. The van der Waals surface area contributed by atoms with Gasteiger partial charge in [-0.15, -0.1) is 0 Å². The van der Waals surface area contributed by atoms with E-state index in [4.69, 9.17) is 5.11 Å². The second kappa shape index (κ2) is 4.97. The van der Waals surface area contributed by atoms with Crippen molar-refractivity contribution < 1.29 is 9.90 Å². The zero-order valence-electron chi connectivity index (χ0n) is 11.4. The van der Waals surface area contributed by atoms with Crippen LogP contribution in [0.3, 0.4) is 0 Å². The smallest absolute Gasteiger partial charge is 0.335 e. The van der Waals surface area contributed by atoms with E-state index < -0.39 is 5.97 Å². The summed E-state index contributed by atoms with van der Waals surface area (Å²) < 4.78 is 0. The zero-order valence-corrected chi connectivity index (χ0v) is 11.4. The summed E-state index contributed by atoms with van der Waals surface area (Å²) in [6.07, 6.45) is 4.19. The molecule has 1 aliphatic carbocycles. The van der Waals surface area contributed by atoms with Crippen LogP contribution in [0.1, 0.15) is 39.0 Å². The van der Waals surface area contributed by atoms with Crippen molar-refractivity contribution in [1.82, 2.24) is 0 Å². The first-order valence-corrected chi connectivity index (χ1v) is 6.79. The van der Waals surface area contributed by atoms with Crippen molar-refractivity contribution in [2.45, 2.75) is 19.8 Å². The first-order valence-electron chi connectivity index (χ1n) is 6.79. The summed E-state index contributed by atoms with van der Waals surface area (Å²) in [6, 6.07) is 13.8. The van der Waals surface area contributed by atoms with Crippen molar-refractivity contribution in [1.29, 1.82) is 0 Å². The Morgan fingerprint density at radius 2 is 2.00 bits per heavy atom. The second-order valence-electron chi connectivity index (χ2n) is 5.20. The lowest BCUT2D eigenvalue weighted by Crippen LogP contribution is -2.05. The third kappa shape index (κ3) is 2.25. The Bertz CT molecular complexity index is 711. The van der Waals surface area contributed by atoms with Gasteiger partial charge in [0.05, 0.1) is 5.56 Å². The highest BCUT2D eigenvalue weighted by atomic mass is 16.4. The highest BCUT2D eigenvalue weighted by Crippen LogP contribution is 2.32. The van der Waals surface area contributed by atoms with Gasteiger partial charge in [0.15, 0.2) is 0 Å². The van der Waals surface area contributed by atoms with Crippen molar-refractivity contribution in [3.8, 4) is 0 Å². The number of fused-ring (bicyclic) bond motifs is 1. The maximum Gasteiger partial charge on any atom is 0.335 e. The molecule has 0 aromatic heterocycles. The van der Waals surface area contributed by atoms with Gasteiger partial charge in [0.2, 0.25) is 0 Å². The average molecular weight is 264 g/mol. The van der Waals surface area contributed by atoms with Gasteiger partial charge in [-0.3, -0.25) is 0 Å². The Morgan fingerprint density at radius 3 is 2.75 bits per heavy atom. The molecule has 2 heteroatoms. The third-order valence-corrected chi connectivity index (χ3v) is 3.74. The largest absolute Gasteiger partial charge is 0.478 e. The fourth-order valence-corrected chi connectivity index (χ4v) is 2.75. The van der Waals surface area contributed by atoms with Crippen LogP contribution >= 0.6 is 0 Å². The predicted molar refractivity (Wildman–Crippen MR) is 80.0 cm³/mol. The maximum absolute atomic E-state index is 11.2. The molecule has 1 aliphatic rings. The molecule has 2 aromatic rings. The number of carboxylic acid groups (broad SMARTS) is 1. The standard InChI is InChI=1S/C18H16O2/c1-12-4-2-6-14(10-12)16-7-3-5-13-8-9-15(18(19)20)11-17(13)16/h2,4,6-11H,3,5H2,1H3,(H,19,20). The number of aryl methyl sites for hydroxylation is 2. The Balaban J connectivity index is 2.14. The molecule has 0 heterocycles. The molecular formula is C18H16O2. The SMILES string of the molecule is Cc1cccc(C2=CCCc3ccc(C(=O)O)cc32)c1. The van der Waals surface area contributed by atoms with E-state index in [-0.39, 0.29) is 0 Å². The van der Waals surface area contributed by atoms with Crippen molar-refractivity contribution in [2.75, 3.05) is 0 Å². The van der Waals surface area contributed by atoms with Gasteiger partial charge in [0, 0.05) is 0 Å². The van der Waals surface area contributed by atoms with E-state index in [1.54, 1.807) is 12.1 Å². The first-order chi connectivity index (χ1) is 9.65. The molecule has 1 N–H and O–H groups in total. The minimum absolute atomic E-state index is 0.351. The number of carboxylic acids is 1. The number of hydrogen-bond acceptors (Lipinski definition) is 1. The van der Waals surface area contributed by atoms with Crippen molar-refractivity contribution in [2.24, 2.45) is 0 Å². The van der Waals surface area contributed by atoms with Crippen LogP contribution in [0.15, 0.2) is 48.5 Å². The quantitative estimate of drug-likeness (QED) is 0.887. The minimum Gasteiger partial charge on any atom is -0.478 e. The van der Waals surface area contributed by atoms with Crippen LogP contribution in [0.5, 0.6) is 0 Å². The molecule has 0 atom stereocenters. The van der Waals surface area contributed by atoms with Crippen molar-refractivity contribution in [3.05, 3.63) is 76.4 Å². The summed E-state index contributed by atoms with van der Waals surface area (Å²) in [5, 5.41) is 9.17. The van der Waals surface area contributed by atoms with Gasteiger partial charge in [-0.1, -0.05) is 42.0 Å². The van der Waals surface area contributed by atoms with Gasteiger partial charge in [0.25, 0.3) is 0 Å². The Labute approximate surface area is 118 Å². The molecule has 0 amide bonds. The molecule has 0 spiro atoms. The van der Waals surface area contributed by atoms with Crippen molar-refractivity contribution in [3.63, 3.8) is 0 Å². The van der Waals surface area contributed by atoms with E-state index >= 15 is 0 Å². The summed E-state index contributed by atoms with van der Waals surface area (Å²) in [5.74, 6) is -0.873. The molecule has 0 saturated carbocycles. The minimum atomic E-state index is -0.873. The molecular weight excluding hydrogens is 248 g/mol. The number of aromatic carboxylic acids is 1. The lowest BCUT2D eigenvalue weighted by Gasteiger charge is -2.19. The molecule has 100 valence electrons. The first kappa shape index (κ1) is 12.7. The summed E-state index contributed by atoms with van der Waals surface area (Å²) in [4.78, 5) is 11.2. The third-order valence-electron chi connectivity index (χ3n) is 3.74. The second-order valence-corrected chi connectivity index (χ2v) is 5.20. The van der Waals surface area contributed by atoms with E-state index in [9.17, 15) is 4.79 Å². The van der Waals surface area contributed by atoms with E-state index in [0.29, 0.717) is 5.56 Å². The molecule has 0 radical (unpaired) electrons. The average Bonchev–Trinajstić information content (AvgIpc) is 2.46. The molecule has 2 nitrogen and oxygen atoms in total.